The highest BCUT2D eigenvalue weighted by atomic mass is 35.5. The van der Waals surface area contributed by atoms with Gasteiger partial charge in [-0.1, -0.05) is 11.6 Å². The maximum atomic E-state index is 12.1. The van der Waals surface area contributed by atoms with Crippen LogP contribution in [0.15, 0.2) is 4.79 Å². The van der Waals surface area contributed by atoms with Crippen LogP contribution in [0.25, 0.3) is 11.2 Å². The van der Waals surface area contributed by atoms with Crippen molar-refractivity contribution in [2.75, 3.05) is 5.73 Å². The van der Waals surface area contributed by atoms with E-state index in [0.717, 1.165) is 12.8 Å². The number of halogens is 1. The molecule has 0 bridgehead atoms. The van der Waals surface area contributed by atoms with Crippen LogP contribution in [-0.2, 0) is 0 Å². The summed E-state index contributed by atoms with van der Waals surface area (Å²) < 4.78 is 1.57. The van der Waals surface area contributed by atoms with E-state index in [9.17, 15) is 9.90 Å². The third-order valence-corrected chi connectivity index (χ3v) is 3.85. The van der Waals surface area contributed by atoms with Gasteiger partial charge in [-0.2, -0.15) is 9.97 Å². The van der Waals surface area contributed by atoms with E-state index < -0.39 is 0 Å². The lowest BCUT2D eigenvalue weighted by atomic mass is 9.93. The molecule has 1 fully saturated rings. The monoisotopic (exact) mass is 283 g/mol. The smallest absolute Gasteiger partial charge is 0.328 e. The molecule has 0 aromatic carbocycles. The van der Waals surface area contributed by atoms with Gasteiger partial charge < -0.3 is 15.8 Å². The number of H-pyrrole nitrogens is 1. The Balaban J connectivity index is 2.13. The number of nitrogens with one attached hydrogen (secondary N) is 1. The van der Waals surface area contributed by atoms with Gasteiger partial charge in [0.2, 0.25) is 5.95 Å². The fourth-order valence-electron chi connectivity index (χ4n) is 2.64. The Morgan fingerprint density at radius 1 is 1.32 bits per heavy atom. The normalized spacial score (nSPS) is 23.9. The zero-order valence-electron chi connectivity index (χ0n) is 10.1. The van der Waals surface area contributed by atoms with Gasteiger partial charge in [0, 0.05) is 6.04 Å². The Bertz CT molecular complexity index is 672. The number of hydrogen-bond donors (Lipinski definition) is 3. The van der Waals surface area contributed by atoms with Gasteiger partial charge in [-0.25, -0.2) is 4.79 Å². The molecule has 3 rings (SSSR count). The molecule has 7 nitrogen and oxygen atoms in total. The molecule has 0 radical (unpaired) electrons. The highest BCUT2D eigenvalue weighted by Crippen LogP contribution is 2.30. The minimum absolute atomic E-state index is 0.00927. The predicted octanol–water partition coefficient (Wildman–Crippen LogP) is 0.831. The van der Waals surface area contributed by atoms with Gasteiger partial charge in [0.25, 0.3) is 0 Å². The summed E-state index contributed by atoms with van der Waals surface area (Å²) in [5.74, 6) is 0.0427. The number of aliphatic hydroxyl groups excluding tert-OH is 1. The molecule has 1 aliphatic carbocycles. The highest BCUT2D eigenvalue weighted by molar-refractivity contribution is 6.33. The number of nitrogens with two attached hydrogens (primary N) is 1. The molecule has 4 N–H and O–H groups in total. The molecule has 2 heterocycles. The van der Waals surface area contributed by atoms with E-state index in [1.54, 1.807) is 4.57 Å². The average molecular weight is 284 g/mol. The van der Waals surface area contributed by atoms with E-state index in [1.807, 2.05) is 0 Å². The summed E-state index contributed by atoms with van der Waals surface area (Å²) in [6.45, 7) is 0. The predicted molar refractivity (Wildman–Crippen MR) is 71.1 cm³/mol. The summed E-state index contributed by atoms with van der Waals surface area (Å²) in [5.41, 5.74) is 6.16. The third-order valence-electron chi connectivity index (χ3n) is 3.57. The lowest BCUT2D eigenvalue weighted by molar-refractivity contribution is 0.111. The van der Waals surface area contributed by atoms with Crippen molar-refractivity contribution in [2.45, 2.75) is 37.8 Å². The van der Waals surface area contributed by atoms with Crippen molar-refractivity contribution in [3.8, 4) is 0 Å². The van der Waals surface area contributed by atoms with Crippen molar-refractivity contribution in [1.82, 2.24) is 19.5 Å². The number of rotatable bonds is 1. The summed E-state index contributed by atoms with van der Waals surface area (Å²) in [5, 5.41) is 9.68. The van der Waals surface area contributed by atoms with Gasteiger partial charge in [0.15, 0.2) is 10.8 Å². The molecule has 0 spiro atoms. The number of nitrogen functional groups attached to an aromatic ring is 1. The molecule has 0 aliphatic heterocycles. The summed E-state index contributed by atoms with van der Waals surface area (Å²) in [6.07, 6.45) is 2.54. The Morgan fingerprint density at radius 3 is 2.68 bits per heavy atom. The number of aromatic nitrogens is 4. The van der Waals surface area contributed by atoms with E-state index in [4.69, 9.17) is 17.3 Å². The molecule has 8 heteroatoms. The van der Waals surface area contributed by atoms with Crippen molar-refractivity contribution in [1.29, 1.82) is 0 Å². The summed E-state index contributed by atoms with van der Waals surface area (Å²) in [7, 11) is 0. The van der Waals surface area contributed by atoms with Crippen molar-refractivity contribution < 1.29 is 5.11 Å². The molecule has 0 amide bonds. The molecule has 2 aromatic rings. The first-order valence-electron chi connectivity index (χ1n) is 6.17. The first-order chi connectivity index (χ1) is 9.06. The largest absolute Gasteiger partial charge is 0.393 e. The number of anilines is 1. The standard InChI is InChI=1S/C11H14ClN5O2/c12-8-7-9(16-10(13)15-8)17(11(19)14-7)5-1-3-6(18)4-2-5/h5-6,18H,1-4H2,(H,14,19)(H2,13,15,16). The Kier molecular flexibility index (Phi) is 2.94. The second kappa shape index (κ2) is 4.50. The van der Waals surface area contributed by atoms with E-state index >= 15 is 0 Å². The number of hydrogen-bond acceptors (Lipinski definition) is 5. The zero-order valence-corrected chi connectivity index (χ0v) is 10.9. The van der Waals surface area contributed by atoms with Crippen LogP contribution in [0, 0.1) is 0 Å². The minimum Gasteiger partial charge on any atom is -0.393 e. The minimum atomic E-state index is -0.277. The molecule has 0 atom stereocenters. The summed E-state index contributed by atoms with van der Waals surface area (Å²) in [6, 6.07) is 0.00927. The lowest BCUT2D eigenvalue weighted by Crippen LogP contribution is -2.27. The van der Waals surface area contributed by atoms with Crippen LogP contribution in [0.4, 0.5) is 5.95 Å². The first kappa shape index (κ1) is 12.4. The third kappa shape index (κ3) is 2.08. The number of fused-ring (bicyclic) bond motifs is 1. The number of aromatic amines is 1. The molecular weight excluding hydrogens is 270 g/mol. The zero-order chi connectivity index (χ0) is 13.6. The van der Waals surface area contributed by atoms with E-state index in [2.05, 4.69) is 15.0 Å². The number of aliphatic hydroxyl groups is 1. The van der Waals surface area contributed by atoms with E-state index in [-0.39, 0.29) is 28.9 Å². The quantitative estimate of drug-likeness (QED) is 0.672. The highest BCUT2D eigenvalue weighted by Gasteiger charge is 2.25. The maximum Gasteiger partial charge on any atom is 0.328 e. The van der Waals surface area contributed by atoms with E-state index in [1.165, 1.54) is 0 Å². The Hall–Kier alpha value is -1.60. The SMILES string of the molecule is Nc1nc(Cl)c2[nH]c(=O)n(C3CCC(O)CC3)c2n1. The number of imidazole rings is 1. The van der Waals surface area contributed by atoms with E-state index in [0.29, 0.717) is 24.0 Å². The molecule has 1 saturated carbocycles. The van der Waals surface area contributed by atoms with Crippen LogP contribution >= 0.6 is 11.6 Å². The fraction of sp³-hybridized carbons (Fsp3) is 0.545. The average Bonchev–Trinajstić information content (AvgIpc) is 2.67. The first-order valence-corrected chi connectivity index (χ1v) is 6.55. The van der Waals surface area contributed by atoms with Gasteiger partial charge in [0.05, 0.1) is 6.10 Å². The molecule has 19 heavy (non-hydrogen) atoms. The van der Waals surface area contributed by atoms with Crippen LogP contribution in [0.5, 0.6) is 0 Å². The summed E-state index contributed by atoms with van der Waals surface area (Å²) in [4.78, 5) is 22.6. The van der Waals surface area contributed by atoms with Gasteiger partial charge in [-0.05, 0) is 25.7 Å². The van der Waals surface area contributed by atoms with Crippen molar-refractivity contribution in [3.05, 3.63) is 15.6 Å². The lowest BCUT2D eigenvalue weighted by Gasteiger charge is -2.25. The van der Waals surface area contributed by atoms with Crippen molar-refractivity contribution in [3.63, 3.8) is 0 Å². The van der Waals surface area contributed by atoms with Gasteiger partial charge >= 0.3 is 5.69 Å². The van der Waals surface area contributed by atoms with Gasteiger partial charge in [-0.15, -0.1) is 0 Å². The number of nitrogens with zero attached hydrogens (tertiary/aromatic N) is 3. The van der Waals surface area contributed by atoms with Crippen molar-refractivity contribution in [2.24, 2.45) is 0 Å². The van der Waals surface area contributed by atoms with Gasteiger partial charge in [0.1, 0.15) is 5.52 Å². The Morgan fingerprint density at radius 2 is 2.00 bits per heavy atom. The van der Waals surface area contributed by atoms with Gasteiger partial charge in [-0.3, -0.25) is 4.57 Å². The molecule has 102 valence electrons. The maximum absolute atomic E-state index is 12.1. The van der Waals surface area contributed by atoms with Crippen LogP contribution in [-0.4, -0.2) is 30.7 Å². The second-order valence-electron chi connectivity index (χ2n) is 4.83. The molecule has 2 aromatic heterocycles. The van der Waals surface area contributed by atoms with Crippen LogP contribution < -0.4 is 11.4 Å². The molecule has 0 saturated heterocycles. The van der Waals surface area contributed by atoms with Crippen LogP contribution in [0.1, 0.15) is 31.7 Å². The molecule has 1 aliphatic rings. The molecular formula is C11H14ClN5O2. The Labute approximate surface area is 113 Å². The summed E-state index contributed by atoms with van der Waals surface area (Å²) >= 11 is 5.96. The topological polar surface area (TPSA) is 110 Å². The fourth-order valence-corrected chi connectivity index (χ4v) is 2.86. The van der Waals surface area contributed by atoms with Crippen molar-refractivity contribution >= 4 is 28.7 Å². The van der Waals surface area contributed by atoms with Crippen LogP contribution in [0.3, 0.4) is 0 Å². The molecule has 0 unspecified atom stereocenters. The van der Waals surface area contributed by atoms with Crippen LogP contribution in [0.2, 0.25) is 5.15 Å². The second-order valence-corrected chi connectivity index (χ2v) is 5.19.